The van der Waals surface area contributed by atoms with Crippen LogP contribution in [-0.2, 0) is 11.2 Å². The number of piperidine rings is 1. The van der Waals surface area contributed by atoms with E-state index in [2.05, 4.69) is 45.9 Å². The fourth-order valence-corrected chi connectivity index (χ4v) is 4.02. The van der Waals surface area contributed by atoms with E-state index in [-0.39, 0.29) is 23.9 Å². The number of hydrogen-bond acceptors (Lipinski definition) is 3. The maximum Gasteiger partial charge on any atom is 0.253 e. The molecule has 2 amide bonds. The van der Waals surface area contributed by atoms with Crippen molar-refractivity contribution in [3.63, 3.8) is 0 Å². The second-order valence-electron chi connectivity index (χ2n) is 8.51. The number of anilines is 1. The van der Waals surface area contributed by atoms with Crippen molar-refractivity contribution in [3.05, 3.63) is 65.7 Å². The molecule has 0 aromatic heterocycles. The van der Waals surface area contributed by atoms with Gasteiger partial charge in [0.15, 0.2) is 0 Å². The van der Waals surface area contributed by atoms with Crippen LogP contribution >= 0.6 is 0 Å². The lowest BCUT2D eigenvalue weighted by Crippen LogP contribution is -2.46. The molecule has 1 saturated heterocycles. The summed E-state index contributed by atoms with van der Waals surface area (Å²) in [7, 11) is 0. The Morgan fingerprint density at radius 2 is 1.60 bits per heavy atom. The Morgan fingerprint density at radius 3 is 2.27 bits per heavy atom. The van der Waals surface area contributed by atoms with Crippen LogP contribution in [0.15, 0.2) is 54.6 Å². The smallest absolute Gasteiger partial charge is 0.253 e. The van der Waals surface area contributed by atoms with Crippen LogP contribution in [0.3, 0.4) is 0 Å². The molecule has 1 heterocycles. The van der Waals surface area contributed by atoms with Gasteiger partial charge in [0.05, 0.1) is 17.3 Å². The zero-order valence-corrected chi connectivity index (χ0v) is 18.2. The van der Waals surface area contributed by atoms with E-state index in [0.29, 0.717) is 17.2 Å². The van der Waals surface area contributed by atoms with E-state index >= 15 is 0 Å². The van der Waals surface area contributed by atoms with Crippen LogP contribution in [0.5, 0.6) is 0 Å². The maximum absolute atomic E-state index is 12.9. The van der Waals surface area contributed by atoms with E-state index in [1.54, 1.807) is 12.1 Å². The second kappa shape index (κ2) is 10.4. The summed E-state index contributed by atoms with van der Waals surface area (Å²) in [5, 5.41) is 5.86. The Kier molecular flexibility index (Phi) is 7.63. The summed E-state index contributed by atoms with van der Waals surface area (Å²) in [6, 6.07) is 17.6. The van der Waals surface area contributed by atoms with Gasteiger partial charge in [0.2, 0.25) is 5.91 Å². The summed E-state index contributed by atoms with van der Waals surface area (Å²) in [6.45, 7) is 7.62. The predicted molar refractivity (Wildman–Crippen MR) is 122 cm³/mol. The molecule has 1 fully saturated rings. The third kappa shape index (κ3) is 5.92. The molecule has 1 aliphatic heterocycles. The van der Waals surface area contributed by atoms with Crippen molar-refractivity contribution < 1.29 is 9.59 Å². The quantitative estimate of drug-likeness (QED) is 0.726. The number of hydrogen-bond donors (Lipinski definition) is 2. The Hall–Kier alpha value is -2.66. The van der Waals surface area contributed by atoms with E-state index < -0.39 is 0 Å². The van der Waals surface area contributed by atoms with E-state index in [1.165, 1.54) is 5.56 Å². The van der Waals surface area contributed by atoms with Crippen molar-refractivity contribution in [3.8, 4) is 0 Å². The highest BCUT2D eigenvalue weighted by Gasteiger charge is 2.27. The number of nitrogens with one attached hydrogen (secondary N) is 2. The number of rotatable bonds is 7. The van der Waals surface area contributed by atoms with Crippen LogP contribution < -0.4 is 10.6 Å². The van der Waals surface area contributed by atoms with Gasteiger partial charge >= 0.3 is 0 Å². The first-order valence-corrected chi connectivity index (χ1v) is 10.9. The monoisotopic (exact) mass is 407 g/mol. The van der Waals surface area contributed by atoms with Crippen molar-refractivity contribution in [2.75, 3.05) is 18.4 Å². The Bertz CT molecular complexity index is 842. The molecular weight excluding hydrogens is 374 g/mol. The van der Waals surface area contributed by atoms with Gasteiger partial charge in [-0.3, -0.25) is 14.5 Å². The van der Waals surface area contributed by atoms with E-state index in [9.17, 15) is 9.59 Å². The minimum absolute atomic E-state index is 0.0392. The number of para-hydroxylation sites is 1. The number of amides is 2. The summed E-state index contributed by atoms with van der Waals surface area (Å²) >= 11 is 0. The van der Waals surface area contributed by atoms with Gasteiger partial charge in [0.25, 0.3) is 5.91 Å². The summed E-state index contributed by atoms with van der Waals surface area (Å²) in [4.78, 5) is 27.6. The molecular formula is C25H33N3O2. The lowest BCUT2D eigenvalue weighted by atomic mass is 9.89. The normalized spacial score (nSPS) is 16.3. The summed E-state index contributed by atoms with van der Waals surface area (Å²) < 4.78 is 0. The predicted octanol–water partition coefficient (Wildman–Crippen LogP) is 4.11. The zero-order valence-electron chi connectivity index (χ0n) is 18.2. The number of nitrogens with zero attached hydrogens (tertiary/aromatic N) is 1. The van der Waals surface area contributed by atoms with Crippen LogP contribution in [-0.4, -0.2) is 41.9 Å². The van der Waals surface area contributed by atoms with Gasteiger partial charge in [-0.1, -0.05) is 42.5 Å². The number of likely N-dealkylation sites (tertiary alicyclic amines) is 1. The van der Waals surface area contributed by atoms with E-state index in [4.69, 9.17) is 0 Å². The SMILES string of the molecule is CC(C)NC(=O)c1ccccc1NC(=O)C(C)N1CCC(Cc2ccccc2)CC1. The van der Waals surface area contributed by atoms with Crippen molar-refractivity contribution in [1.82, 2.24) is 10.2 Å². The van der Waals surface area contributed by atoms with Crippen LogP contribution in [0.4, 0.5) is 5.69 Å². The molecule has 1 atom stereocenters. The van der Waals surface area contributed by atoms with Crippen molar-refractivity contribution in [2.45, 2.75) is 52.1 Å². The molecule has 1 aliphatic rings. The Balaban J connectivity index is 1.55. The first-order chi connectivity index (χ1) is 14.4. The standard InChI is InChI=1S/C25H33N3O2/c1-18(2)26-25(30)22-11-7-8-12-23(22)27-24(29)19(3)28-15-13-21(14-16-28)17-20-9-5-4-6-10-20/h4-12,18-19,21H,13-17H2,1-3H3,(H,26,30)(H,27,29). The molecule has 5 heteroatoms. The summed E-state index contributed by atoms with van der Waals surface area (Å²) in [6.07, 6.45) is 3.30. The molecule has 30 heavy (non-hydrogen) atoms. The molecule has 2 aromatic rings. The number of carbonyl (C=O) groups excluding carboxylic acids is 2. The van der Waals surface area contributed by atoms with Crippen LogP contribution in [0.1, 0.15) is 49.5 Å². The van der Waals surface area contributed by atoms with Gasteiger partial charge in [-0.2, -0.15) is 0 Å². The molecule has 0 radical (unpaired) electrons. The minimum atomic E-state index is -0.233. The fourth-order valence-electron chi connectivity index (χ4n) is 4.02. The summed E-state index contributed by atoms with van der Waals surface area (Å²) in [5.74, 6) is 0.427. The van der Waals surface area contributed by atoms with Crippen LogP contribution in [0.25, 0.3) is 0 Å². The Morgan fingerprint density at radius 1 is 0.967 bits per heavy atom. The van der Waals surface area contributed by atoms with Gasteiger partial charge in [-0.15, -0.1) is 0 Å². The van der Waals surface area contributed by atoms with Crippen LogP contribution in [0.2, 0.25) is 0 Å². The molecule has 0 spiro atoms. The van der Waals surface area contributed by atoms with Gasteiger partial charge < -0.3 is 10.6 Å². The molecule has 5 nitrogen and oxygen atoms in total. The third-order valence-corrected chi connectivity index (χ3v) is 5.79. The molecule has 1 unspecified atom stereocenters. The van der Waals surface area contributed by atoms with E-state index in [1.807, 2.05) is 32.9 Å². The molecule has 0 saturated carbocycles. The summed E-state index contributed by atoms with van der Waals surface area (Å²) in [5.41, 5.74) is 2.44. The first kappa shape index (κ1) is 22.0. The highest BCUT2D eigenvalue weighted by atomic mass is 16.2. The molecule has 3 rings (SSSR count). The minimum Gasteiger partial charge on any atom is -0.350 e. The molecule has 160 valence electrons. The van der Waals surface area contributed by atoms with E-state index in [0.717, 1.165) is 32.4 Å². The topological polar surface area (TPSA) is 61.4 Å². The molecule has 2 N–H and O–H groups in total. The highest BCUT2D eigenvalue weighted by Crippen LogP contribution is 2.24. The second-order valence-corrected chi connectivity index (χ2v) is 8.51. The van der Waals surface area contributed by atoms with Crippen molar-refractivity contribution in [2.24, 2.45) is 5.92 Å². The van der Waals surface area contributed by atoms with Crippen molar-refractivity contribution >= 4 is 17.5 Å². The van der Waals surface area contributed by atoms with Crippen LogP contribution in [0, 0.1) is 5.92 Å². The zero-order chi connectivity index (χ0) is 21.5. The largest absolute Gasteiger partial charge is 0.350 e. The molecule has 0 aliphatic carbocycles. The average molecular weight is 408 g/mol. The van der Waals surface area contributed by atoms with Gasteiger partial charge in [-0.05, 0) is 76.7 Å². The van der Waals surface area contributed by atoms with Gasteiger partial charge in [0, 0.05) is 6.04 Å². The third-order valence-electron chi connectivity index (χ3n) is 5.79. The van der Waals surface area contributed by atoms with Gasteiger partial charge in [0.1, 0.15) is 0 Å². The lowest BCUT2D eigenvalue weighted by molar-refractivity contribution is -0.121. The fraction of sp³-hybridized carbons (Fsp3) is 0.440. The highest BCUT2D eigenvalue weighted by molar-refractivity contribution is 6.04. The molecule has 2 aromatic carbocycles. The number of carbonyl (C=O) groups is 2. The average Bonchev–Trinajstić information content (AvgIpc) is 2.74. The van der Waals surface area contributed by atoms with Crippen molar-refractivity contribution in [1.29, 1.82) is 0 Å². The molecule has 0 bridgehead atoms. The first-order valence-electron chi connectivity index (χ1n) is 10.9. The maximum atomic E-state index is 12.9. The number of benzene rings is 2. The van der Waals surface area contributed by atoms with Gasteiger partial charge in [-0.25, -0.2) is 0 Å². The Labute approximate surface area is 179 Å². The lowest BCUT2D eigenvalue weighted by Gasteiger charge is -2.35.